The summed E-state index contributed by atoms with van der Waals surface area (Å²) in [7, 11) is 1.22. The second-order valence-electron chi connectivity index (χ2n) is 4.92. The number of amides is 1. The van der Waals surface area contributed by atoms with Crippen LogP contribution in [0.15, 0.2) is 24.4 Å². The van der Waals surface area contributed by atoms with Gasteiger partial charge in [0.25, 0.3) is 11.8 Å². The molecule has 0 atom stereocenters. The van der Waals surface area contributed by atoms with Crippen LogP contribution in [0, 0.1) is 12.7 Å². The second kappa shape index (κ2) is 5.59. The Hall–Kier alpha value is -2.97. The van der Waals surface area contributed by atoms with Crippen molar-refractivity contribution in [3.63, 3.8) is 0 Å². The molecule has 1 amide bonds. The van der Waals surface area contributed by atoms with Crippen molar-refractivity contribution in [3.05, 3.63) is 41.3 Å². The molecule has 2 aromatic rings. The Bertz CT molecular complexity index is 827. The molecule has 126 valence electrons. The summed E-state index contributed by atoms with van der Waals surface area (Å²) in [6.45, 7) is 1.50. The Balaban J connectivity index is 1.87. The Morgan fingerprint density at radius 3 is 2.71 bits per heavy atom. The zero-order valence-corrected chi connectivity index (χ0v) is 12.5. The number of alkyl halides is 2. The maximum atomic E-state index is 14.2. The standard InChI is InChI=1S/C15H11F3N2O4/c1-7-6-19-14(22-2)12(16)11(7)13(21)20-8-3-4-9-10(5-8)24-15(17,18)23-9/h3-6H,1-2H3,(H,20,21). The highest BCUT2D eigenvalue weighted by atomic mass is 19.3. The molecule has 3 rings (SSSR count). The number of aryl methyl sites for hydroxylation is 1. The lowest BCUT2D eigenvalue weighted by molar-refractivity contribution is -0.286. The molecule has 1 aromatic carbocycles. The Labute approximate surface area is 134 Å². The minimum absolute atomic E-state index is 0.134. The summed E-state index contributed by atoms with van der Waals surface area (Å²) in [5.74, 6) is -2.41. The summed E-state index contributed by atoms with van der Waals surface area (Å²) in [5.41, 5.74) is 0.164. The SMILES string of the molecule is COc1ncc(C)c(C(=O)Nc2ccc3c(c2)OC(F)(F)O3)c1F. The summed E-state index contributed by atoms with van der Waals surface area (Å²) in [4.78, 5) is 16.0. The van der Waals surface area contributed by atoms with Crippen LogP contribution in [0.4, 0.5) is 18.9 Å². The van der Waals surface area contributed by atoms with Crippen molar-refractivity contribution in [2.45, 2.75) is 13.2 Å². The summed E-state index contributed by atoms with van der Waals surface area (Å²) in [5, 5.41) is 2.41. The summed E-state index contributed by atoms with van der Waals surface area (Å²) >= 11 is 0. The van der Waals surface area contributed by atoms with Gasteiger partial charge in [0.05, 0.1) is 12.7 Å². The smallest absolute Gasteiger partial charge is 0.479 e. The number of ether oxygens (including phenoxy) is 3. The van der Waals surface area contributed by atoms with Crippen LogP contribution in [0.1, 0.15) is 15.9 Å². The number of nitrogens with one attached hydrogen (secondary N) is 1. The average molecular weight is 340 g/mol. The average Bonchev–Trinajstić information content (AvgIpc) is 2.80. The van der Waals surface area contributed by atoms with E-state index >= 15 is 0 Å². The molecule has 0 unspecified atom stereocenters. The molecule has 0 bridgehead atoms. The van der Waals surface area contributed by atoms with Gasteiger partial charge < -0.3 is 19.5 Å². The van der Waals surface area contributed by atoms with E-state index in [2.05, 4.69) is 19.8 Å². The molecule has 0 fully saturated rings. The number of halogens is 3. The zero-order chi connectivity index (χ0) is 17.5. The molecular formula is C15H11F3N2O4. The number of rotatable bonds is 3. The molecule has 0 saturated heterocycles. The number of fused-ring (bicyclic) bond motifs is 1. The third-order valence-electron chi connectivity index (χ3n) is 3.26. The number of pyridine rings is 1. The van der Waals surface area contributed by atoms with E-state index in [4.69, 9.17) is 4.74 Å². The third-order valence-corrected chi connectivity index (χ3v) is 3.26. The van der Waals surface area contributed by atoms with Gasteiger partial charge in [-0.1, -0.05) is 0 Å². The second-order valence-corrected chi connectivity index (χ2v) is 4.92. The van der Waals surface area contributed by atoms with Crippen LogP contribution in [-0.4, -0.2) is 24.3 Å². The van der Waals surface area contributed by atoms with Gasteiger partial charge in [-0.25, -0.2) is 9.37 Å². The largest absolute Gasteiger partial charge is 0.586 e. The number of hydrogen-bond acceptors (Lipinski definition) is 5. The van der Waals surface area contributed by atoms with E-state index in [0.717, 1.165) is 6.07 Å². The molecule has 0 saturated carbocycles. The Morgan fingerprint density at radius 2 is 2.00 bits per heavy atom. The van der Waals surface area contributed by atoms with Crippen LogP contribution in [0.5, 0.6) is 17.4 Å². The lowest BCUT2D eigenvalue weighted by atomic mass is 10.1. The van der Waals surface area contributed by atoms with Crippen LogP contribution in [0.2, 0.25) is 0 Å². The van der Waals surface area contributed by atoms with Crippen molar-refractivity contribution in [2.24, 2.45) is 0 Å². The lowest BCUT2D eigenvalue weighted by Crippen LogP contribution is -2.25. The number of methoxy groups -OCH3 is 1. The number of anilines is 1. The normalized spacial score (nSPS) is 14.4. The van der Waals surface area contributed by atoms with Crippen LogP contribution in [0.25, 0.3) is 0 Å². The van der Waals surface area contributed by atoms with Gasteiger partial charge >= 0.3 is 6.29 Å². The van der Waals surface area contributed by atoms with Crippen LogP contribution >= 0.6 is 0 Å². The van der Waals surface area contributed by atoms with Crippen molar-refractivity contribution >= 4 is 11.6 Å². The molecule has 6 nitrogen and oxygen atoms in total. The van der Waals surface area contributed by atoms with Gasteiger partial charge in [0, 0.05) is 18.0 Å². The molecule has 9 heteroatoms. The van der Waals surface area contributed by atoms with Crippen LogP contribution in [0.3, 0.4) is 0 Å². The van der Waals surface area contributed by atoms with E-state index < -0.39 is 18.0 Å². The highest BCUT2D eigenvalue weighted by molar-refractivity contribution is 6.05. The van der Waals surface area contributed by atoms with Crippen molar-refractivity contribution in [2.75, 3.05) is 12.4 Å². The number of carbonyl (C=O) groups is 1. The predicted octanol–water partition coefficient (Wildman–Crippen LogP) is 3.11. The van der Waals surface area contributed by atoms with E-state index in [1.165, 1.54) is 32.4 Å². The van der Waals surface area contributed by atoms with Gasteiger partial charge in [-0.15, -0.1) is 8.78 Å². The first-order valence-corrected chi connectivity index (χ1v) is 6.71. The number of nitrogens with zero attached hydrogens (tertiary/aromatic N) is 1. The van der Waals surface area contributed by atoms with Crippen molar-refractivity contribution < 1.29 is 32.2 Å². The van der Waals surface area contributed by atoms with E-state index in [-0.39, 0.29) is 34.2 Å². The summed E-state index contributed by atoms with van der Waals surface area (Å²) < 4.78 is 53.5. The van der Waals surface area contributed by atoms with E-state index in [1.54, 1.807) is 0 Å². The van der Waals surface area contributed by atoms with E-state index in [9.17, 15) is 18.0 Å². The summed E-state index contributed by atoms with van der Waals surface area (Å²) in [6, 6.07) is 3.69. The molecule has 1 aliphatic heterocycles. The fourth-order valence-corrected chi connectivity index (χ4v) is 2.20. The molecular weight excluding hydrogens is 329 g/mol. The molecule has 2 heterocycles. The number of aromatic nitrogens is 1. The fourth-order valence-electron chi connectivity index (χ4n) is 2.20. The number of carbonyl (C=O) groups excluding carboxylic acids is 1. The topological polar surface area (TPSA) is 69.7 Å². The molecule has 1 N–H and O–H groups in total. The monoisotopic (exact) mass is 340 g/mol. The first kappa shape index (κ1) is 15.9. The minimum atomic E-state index is -3.76. The highest BCUT2D eigenvalue weighted by Gasteiger charge is 2.43. The van der Waals surface area contributed by atoms with Gasteiger partial charge in [-0.2, -0.15) is 0 Å². The van der Waals surface area contributed by atoms with Gasteiger partial charge in [0.1, 0.15) is 0 Å². The van der Waals surface area contributed by atoms with Crippen molar-refractivity contribution in [3.8, 4) is 17.4 Å². The van der Waals surface area contributed by atoms with Crippen molar-refractivity contribution in [1.29, 1.82) is 0 Å². The van der Waals surface area contributed by atoms with Gasteiger partial charge in [-0.3, -0.25) is 4.79 Å². The van der Waals surface area contributed by atoms with Gasteiger partial charge in [0.15, 0.2) is 17.3 Å². The highest BCUT2D eigenvalue weighted by Crippen LogP contribution is 2.42. The third kappa shape index (κ3) is 2.80. The quantitative estimate of drug-likeness (QED) is 0.930. The van der Waals surface area contributed by atoms with Gasteiger partial charge in [-0.05, 0) is 24.6 Å². The molecule has 0 radical (unpaired) electrons. The lowest BCUT2D eigenvalue weighted by Gasteiger charge is -2.10. The molecule has 1 aliphatic rings. The molecule has 1 aromatic heterocycles. The van der Waals surface area contributed by atoms with Crippen LogP contribution in [-0.2, 0) is 0 Å². The first-order chi connectivity index (χ1) is 11.3. The molecule has 24 heavy (non-hydrogen) atoms. The zero-order valence-electron chi connectivity index (χ0n) is 12.5. The minimum Gasteiger partial charge on any atom is -0.479 e. The van der Waals surface area contributed by atoms with Crippen LogP contribution < -0.4 is 19.5 Å². The predicted molar refractivity (Wildman–Crippen MR) is 76.1 cm³/mol. The summed E-state index contributed by atoms with van der Waals surface area (Å²) in [6.07, 6.45) is -2.47. The number of benzene rings is 1. The molecule has 0 spiro atoms. The Kier molecular flexibility index (Phi) is 3.70. The van der Waals surface area contributed by atoms with Crippen molar-refractivity contribution in [1.82, 2.24) is 4.98 Å². The van der Waals surface area contributed by atoms with Gasteiger partial charge in [0.2, 0.25) is 0 Å². The maximum absolute atomic E-state index is 14.2. The molecule has 0 aliphatic carbocycles. The van der Waals surface area contributed by atoms with E-state index in [0.29, 0.717) is 0 Å². The first-order valence-electron chi connectivity index (χ1n) is 6.71. The Morgan fingerprint density at radius 1 is 1.29 bits per heavy atom. The number of hydrogen-bond donors (Lipinski definition) is 1. The van der Waals surface area contributed by atoms with E-state index in [1.807, 2.05) is 0 Å². The fraction of sp³-hybridized carbons (Fsp3) is 0.200. The maximum Gasteiger partial charge on any atom is 0.586 e.